The van der Waals surface area contributed by atoms with Gasteiger partial charge in [0.2, 0.25) is 5.89 Å². The van der Waals surface area contributed by atoms with Crippen LogP contribution in [0, 0.1) is 0 Å². The number of halogens is 1. The molecule has 0 spiro atoms. The van der Waals surface area contributed by atoms with Crippen LogP contribution in [0.15, 0.2) is 83.3 Å². The fourth-order valence-corrected chi connectivity index (χ4v) is 2.92. The molecule has 0 atom stereocenters. The molecule has 1 aromatic heterocycles. The van der Waals surface area contributed by atoms with Gasteiger partial charge in [-0.25, -0.2) is 4.79 Å². The van der Waals surface area contributed by atoms with Gasteiger partial charge in [0, 0.05) is 16.1 Å². The van der Waals surface area contributed by atoms with Crippen molar-refractivity contribution in [1.29, 1.82) is 0 Å². The summed E-state index contributed by atoms with van der Waals surface area (Å²) < 4.78 is 16.4. The number of nitrogens with zero attached hydrogens (tertiary/aromatic N) is 2. The first kappa shape index (κ1) is 19.7. The summed E-state index contributed by atoms with van der Waals surface area (Å²) in [7, 11) is 0. The van der Waals surface area contributed by atoms with E-state index < -0.39 is 5.97 Å². The average molecular weight is 421 g/mol. The Morgan fingerprint density at radius 3 is 2.40 bits per heavy atom. The molecule has 0 aliphatic carbocycles. The molecule has 0 saturated heterocycles. The van der Waals surface area contributed by atoms with E-state index in [1.165, 1.54) is 0 Å². The Bertz CT molecular complexity index is 1130. The summed E-state index contributed by atoms with van der Waals surface area (Å²) in [5, 5.41) is 8.45. The fraction of sp³-hybridized carbons (Fsp3) is 0.0870. The standard InChI is InChI=1S/C23H17ClN2O4/c24-18-12-10-17(11-13-18)23-26-25-21(30-23)14-29-22(27)15-28-20-9-5-4-8-19(20)16-6-2-1-3-7-16/h1-13H,14-15H2. The second kappa shape index (κ2) is 9.24. The minimum Gasteiger partial charge on any atom is -0.481 e. The molecule has 0 N–H and O–H groups in total. The molecule has 0 saturated carbocycles. The van der Waals surface area contributed by atoms with Crippen molar-refractivity contribution < 1.29 is 18.7 Å². The number of carbonyl (C=O) groups excluding carboxylic acids is 1. The molecule has 0 radical (unpaired) electrons. The SMILES string of the molecule is O=C(COc1ccccc1-c1ccccc1)OCc1nnc(-c2ccc(Cl)cc2)o1. The van der Waals surface area contributed by atoms with Crippen molar-refractivity contribution in [2.45, 2.75) is 6.61 Å². The number of esters is 1. The zero-order valence-corrected chi connectivity index (χ0v) is 16.6. The van der Waals surface area contributed by atoms with Gasteiger partial charge in [-0.2, -0.15) is 0 Å². The Labute approximate surface area is 178 Å². The molecule has 0 amide bonds. The lowest BCUT2D eigenvalue weighted by Crippen LogP contribution is -2.15. The van der Waals surface area contributed by atoms with E-state index in [0.29, 0.717) is 16.7 Å². The lowest BCUT2D eigenvalue weighted by Gasteiger charge is -2.11. The fourth-order valence-electron chi connectivity index (χ4n) is 2.79. The van der Waals surface area contributed by atoms with Crippen LogP contribution in [0.2, 0.25) is 5.02 Å². The number of hydrogen-bond acceptors (Lipinski definition) is 6. The minimum atomic E-state index is -0.538. The van der Waals surface area contributed by atoms with Gasteiger partial charge < -0.3 is 13.9 Å². The van der Waals surface area contributed by atoms with Gasteiger partial charge in [-0.05, 0) is 35.9 Å². The maximum Gasteiger partial charge on any atom is 0.344 e. The quantitative estimate of drug-likeness (QED) is 0.383. The molecule has 0 unspecified atom stereocenters. The molecule has 4 aromatic rings. The van der Waals surface area contributed by atoms with Crippen LogP contribution in [0.5, 0.6) is 5.75 Å². The van der Waals surface area contributed by atoms with Crippen molar-refractivity contribution in [2.75, 3.05) is 6.61 Å². The van der Waals surface area contributed by atoms with E-state index in [2.05, 4.69) is 10.2 Å². The summed E-state index contributed by atoms with van der Waals surface area (Å²) in [6, 6.07) is 24.3. The highest BCUT2D eigenvalue weighted by molar-refractivity contribution is 6.30. The maximum absolute atomic E-state index is 12.1. The Kier molecular flexibility index (Phi) is 6.06. The topological polar surface area (TPSA) is 74.5 Å². The third-order valence-electron chi connectivity index (χ3n) is 4.23. The first-order valence-electron chi connectivity index (χ1n) is 9.20. The summed E-state index contributed by atoms with van der Waals surface area (Å²) in [6.45, 7) is -0.370. The van der Waals surface area contributed by atoms with Gasteiger partial charge in [-0.15, -0.1) is 10.2 Å². The molecule has 0 aliphatic rings. The second-order valence-electron chi connectivity index (χ2n) is 6.32. The largest absolute Gasteiger partial charge is 0.481 e. The van der Waals surface area contributed by atoms with Crippen LogP contribution in [-0.4, -0.2) is 22.8 Å². The number of hydrogen-bond donors (Lipinski definition) is 0. The third kappa shape index (κ3) is 4.85. The van der Waals surface area contributed by atoms with Crippen LogP contribution in [0.4, 0.5) is 0 Å². The van der Waals surface area contributed by atoms with Crippen molar-refractivity contribution in [2.24, 2.45) is 0 Å². The third-order valence-corrected chi connectivity index (χ3v) is 4.48. The molecular weight excluding hydrogens is 404 g/mol. The van der Waals surface area contributed by atoms with E-state index in [4.69, 9.17) is 25.5 Å². The van der Waals surface area contributed by atoms with Crippen LogP contribution >= 0.6 is 11.6 Å². The number of ether oxygens (including phenoxy) is 2. The van der Waals surface area contributed by atoms with Gasteiger partial charge in [0.05, 0.1) is 0 Å². The molecule has 0 aliphatic heterocycles. The van der Waals surface area contributed by atoms with E-state index in [0.717, 1.165) is 16.7 Å². The Balaban J connectivity index is 1.33. The predicted molar refractivity (Wildman–Crippen MR) is 112 cm³/mol. The van der Waals surface area contributed by atoms with Gasteiger partial charge in [0.1, 0.15) is 5.75 Å². The lowest BCUT2D eigenvalue weighted by molar-refractivity contribution is -0.148. The van der Waals surface area contributed by atoms with E-state index in [9.17, 15) is 4.79 Å². The Hall–Kier alpha value is -3.64. The molecule has 30 heavy (non-hydrogen) atoms. The molecule has 0 bridgehead atoms. The van der Waals surface area contributed by atoms with Crippen molar-refractivity contribution in [1.82, 2.24) is 10.2 Å². The first-order valence-corrected chi connectivity index (χ1v) is 9.58. The number of rotatable bonds is 7. The monoisotopic (exact) mass is 420 g/mol. The van der Waals surface area contributed by atoms with E-state index in [-0.39, 0.29) is 19.1 Å². The van der Waals surface area contributed by atoms with Crippen molar-refractivity contribution in [3.63, 3.8) is 0 Å². The lowest BCUT2D eigenvalue weighted by atomic mass is 10.1. The molecule has 7 heteroatoms. The summed E-state index contributed by atoms with van der Waals surface area (Å²) in [6.07, 6.45) is 0. The van der Waals surface area contributed by atoms with Crippen molar-refractivity contribution >= 4 is 17.6 Å². The van der Waals surface area contributed by atoms with Gasteiger partial charge >= 0.3 is 5.97 Å². The molecule has 3 aromatic carbocycles. The zero-order valence-electron chi connectivity index (χ0n) is 15.8. The van der Waals surface area contributed by atoms with Crippen LogP contribution < -0.4 is 4.74 Å². The highest BCUT2D eigenvalue weighted by Gasteiger charge is 2.13. The number of carbonyl (C=O) groups is 1. The molecule has 1 heterocycles. The van der Waals surface area contributed by atoms with E-state index in [1.807, 2.05) is 54.6 Å². The minimum absolute atomic E-state index is 0.136. The highest BCUT2D eigenvalue weighted by Crippen LogP contribution is 2.29. The maximum atomic E-state index is 12.1. The van der Waals surface area contributed by atoms with Crippen LogP contribution in [-0.2, 0) is 16.1 Å². The number of benzene rings is 3. The molecule has 4 rings (SSSR count). The van der Waals surface area contributed by atoms with Gasteiger partial charge in [-0.3, -0.25) is 0 Å². The summed E-state index contributed by atoms with van der Waals surface area (Å²) in [5.41, 5.74) is 2.63. The molecule has 0 fully saturated rings. The summed E-state index contributed by atoms with van der Waals surface area (Å²) in [4.78, 5) is 12.1. The average Bonchev–Trinajstić information content (AvgIpc) is 3.27. The zero-order chi connectivity index (χ0) is 20.8. The summed E-state index contributed by atoms with van der Waals surface area (Å²) in [5.74, 6) is 0.580. The van der Waals surface area contributed by atoms with Crippen LogP contribution in [0.1, 0.15) is 5.89 Å². The van der Waals surface area contributed by atoms with E-state index >= 15 is 0 Å². The highest BCUT2D eigenvalue weighted by atomic mass is 35.5. The Morgan fingerprint density at radius 2 is 1.60 bits per heavy atom. The Morgan fingerprint density at radius 1 is 0.867 bits per heavy atom. The first-order chi connectivity index (χ1) is 14.7. The van der Waals surface area contributed by atoms with E-state index in [1.54, 1.807) is 24.3 Å². The molecular formula is C23H17ClN2O4. The van der Waals surface area contributed by atoms with Gasteiger partial charge in [-0.1, -0.05) is 60.1 Å². The predicted octanol–water partition coefficient (Wildman–Crippen LogP) is 5.18. The van der Waals surface area contributed by atoms with Crippen LogP contribution in [0.3, 0.4) is 0 Å². The second-order valence-corrected chi connectivity index (χ2v) is 6.76. The number of aromatic nitrogens is 2. The smallest absolute Gasteiger partial charge is 0.344 e. The summed E-state index contributed by atoms with van der Waals surface area (Å²) >= 11 is 5.87. The molecule has 150 valence electrons. The van der Waals surface area contributed by atoms with Crippen LogP contribution in [0.25, 0.3) is 22.6 Å². The van der Waals surface area contributed by atoms with Gasteiger partial charge in [0.25, 0.3) is 5.89 Å². The van der Waals surface area contributed by atoms with Crippen molar-refractivity contribution in [3.05, 3.63) is 89.8 Å². The normalized spacial score (nSPS) is 10.6. The van der Waals surface area contributed by atoms with Gasteiger partial charge in [0.15, 0.2) is 13.2 Å². The van der Waals surface area contributed by atoms with Crippen molar-refractivity contribution in [3.8, 4) is 28.3 Å². The number of para-hydroxylation sites is 1. The molecule has 6 nitrogen and oxygen atoms in total.